The summed E-state index contributed by atoms with van der Waals surface area (Å²) in [5.41, 5.74) is 5.18. The Balaban J connectivity index is 1.44. The Morgan fingerprint density at radius 2 is 1.62 bits per heavy atom. The van der Waals surface area contributed by atoms with Crippen molar-refractivity contribution in [1.82, 2.24) is 10.4 Å². The number of carbonyl (C=O) groups is 3. The van der Waals surface area contributed by atoms with Crippen LogP contribution in [0, 0.1) is 16.0 Å². The lowest BCUT2D eigenvalue weighted by Crippen LogP contribution is -2.53. The van der Waals surface area contributed by atoms with Gasteiger partial charge in [0.25, 0.3) is 17.5 Å². The standard InChI is InChI=1S/C26H21N3O5/c1-15-8-13-19(22(14-15)16-9-11-18(12-10-16)29(33)34)24(30)27-28-25(31)20-6-2-4-17-5-3-7-21(23(17)20)26(28)32/h2-12,19,22H,13-14H2,1H3,(H,27,30). The molecule has 0 radical (unpaired) electrons. The average Bonchev–Trinajstić information content (AvgIpc) is 2.85. The Kier molecular flexibility index (Phi) is 5.20. The largest absolute Gasteiger partial charge is 0.280 e. The van der Waals surface area contributed by atoms with Gasteiger partial charge in [-0.05, 0) is 48.8 Å². The molecule has 34 heavy (non-hydrogen) atoms. The molecular formula is C26H21N3O5. The SMILES string of the molecule is CC1=CCC(C(=O)NN2C(=O)c3cccc4cccc(c34)C2=O)C(c2ccc([N+](=O)[O-])cc2)C1. The molecule has 170 valence electrons. The summed E-state index contributed by atoms with van der Waals surface area (Å²) in [7, 11) is 0. The average molecular weight is 455 g/mol. The van der Waals surface area contributed by atoms with Crippen LogP contribution in [0.2, 0.25) is 0 Å². The van der Waals surface area contributed by atoms with Crippen LogP contribution in [-0.2, 0) is 4.79 Å². The summed E-state index contributed by atoms with van der Waals surface area (Å²) in [4.78, 5) is 50.2. The number of hydrazine groups is 1. The second kappa shape index (κ2) is 8.22. The summed E-state index contributed by atoms with van der Waals surface area (Å²) in [5.74, 6) is -2.37. The van der Waals surface area contributed by atoms with Crippen molar-refractivity contribution in [2.24, 2.45) is 5.92 Å². The summed E-state index contributed by atoms with van der Waals surface area (Å²) >= 11 is 0. The maximum absolute atomic E-state index is 13.4. The molecule has 1 N–H and O–H groups in total. The Bertz CT molecular complexity index is 1340. The minimum Gasteiger partial charge on any atom is -0.273 e. The molecule has 3 aromatic carbocycles. The fourth-order valence-electron chi connectivity index (χ4n) is 4.87. The number of carbonyl (C=O) groups excluding carboxylic acids is 3. The maximum Gasteiger partial charge on any atom is 0.280 e. The number of nitrogens with one attached hydrogen (secondary N) is 1. The number of benzene rings is 3. The number of hydrogen-bond acceptors (Lipinski definition) is 5. The van der Waals surface area contributed by atoms with Crippen molar-refractivity contribution in [1.29, 1.82) is 0 Å². The van der Waals surface area contributed by atoms with E-state index in [0.717, 1.165) is 21.5 Å². The van der Waals surface area contributed by atoms with Gasteiger partial charge in [-0.25, -0.2) is 0 Å². The molecule has 3 amide bonds. The van der Waals surface area contributed by atoms with Crippen molar-refractivity contribution in [3.63, 3.8) is 0 Å². The zero-order chi connectivity index (χ0) is 24.0. The highest BCUT2D eigenvalue weighted by atomic mass is 16.6. The zero-order valence-corrected chi connectivity index (χ0v) is 18.4. The van der Waals surface area contributed by atoms with Crippen molar-refractivity contribution < 1.29 is 19.3 Å². The zero-order valence-electron chi connectivity index (χ0n) is 18.4. The summed E-state index contributed by atoms with van der Waals surface area (Å²) in [6.07, 6.45) is 3.00. The molecule has 2 unspecified atom stereocenters. The predicted molar refractivity (Wildman–Crippen MR) is 125 cm³/mol. The van der Waals surface area contributed by atoms with Gasteiger partial charge in [-0.2, -0.15) is 5.01 Å². The third-order valence-electron chi connectivity index (χ3n) is 6.61. The molecule has 0 saturated carbocycles. The quantitative estimate of drug-likeness (QED) is 0.269. The first-order valence-corrected chi connectivity index (χ1v) is 11.0. The van der Waals surface area contributed by atoms with Crippen LogP contribution < -0.4 is 5.43 Å². The van der Waals surface area contributed by atoms with E-state index in [1.165, 1.54) is 12.1 Å². The van der Waals surface area contributed by atoms with Gasteiger partial charge in [0.15, 0.2) is 0 Å². The second-order valence-electron chi connectivity index (χ2n) is 8.68. The first-order valence-electron chi connectivity index (χ1n) is 11.0. The monoisotopic (exact) mass is 455 g/mol. The van der Waals surface area contributed by atoms with Gasteiger partial charge in [0, 0.05) is 17.5 Å². The number of nitrogens with zero attached hydrogens (tertiary/aromatic N) is 2. The van der Waals surface area contributed by atoms with E-state index in [1.807, 2.05) is 25.1 Å². The highest BCUT2D eigenvalue weighted by Crippen LogP contribution is 2.38. The third kappa shape index (κ3) is 3.53. The van der Waals surface area contributed by atoms with Crippen LogP contribution in [0.3, 0.4) is 0 Å². The van der Waals surface area contributed by atoms with Crippen molar-refractivity contribution in [3.05, 3.63) is 99.1 Å². The van der Waals surface area contributed by atoms with Crippen LogP contribution in [0.25, 0.3) is 10.8 Å². The van der Waals surface area contributed by atoms with E-state index in [1.54, 1.807) is 36.4 Å². The van der Waals surface area contributed by atoms with E-state index in [2.05, 4.69) is 5.43 Å². The minimum atomic E-state index is -0.572. The van der Waals surface area contributed by atoms with Crippen LogP contribution in [0.4, 0.5) is 5.69 Å². The number of allylic oxidation sites excluding steroid dienone is 2. The fraction of sp³-hybridized carbons (Fsp3) is 0.192. The van der Waals surface area contributed by atoms with Crippen LogP contribution in [-0.4, -0.2) is 27.7 Å². The molecule has 8 heteroatoms. The minimum absolute atomic E-state index is 0.0230. The Morgan fingerprint density at radius 1 is 1.00 bits per heavy atom. The van der Waals surface area contributed by atoms with Crippen LogP contribution >= 0.6 is 0 Å². The lowest BCUT2D eigenvalue weighted by Gasteiger charge is -2.33. The summed E-state index contributed by atoms with van der Waals surface area (Å²) < 4.78 is 0. The summed E-state index contributed by atoms with van der Waals surface area (Å²) in [5, 5.41) is 13.2. The molecule has 1 aliphatic carbocycles. The van der Waals surface area contributed by atoms with E-state index in [4.69, 9.17) is 0 Å². The Labute approximate surface area is 195 Å². The molecule has 1 heterocycles. The first-order chi connectivity index (χ1) is 16.3. The number of amides is 3. The number of rotatable bonds is 4. The third-order valence-corrected chi connectivity index (χ3v) is 6.61. The fourth-order valence-corrected chi connectivity index (χ4v) is 4.87. The highest BCUT2D eigenvalue weighted by Gasteiger charge is 2.38. The molecule has 2 aliphatic rings. The van der Waals surface area contributed by atoms with E-state index in [9.17, 15) is 24.5 Å². The number of hydrogen-bond donors (Lipinski definition) is 1. The lowest BCUT2D eigenvalue weighted by atomic mass is 9.75. The van der Waals surface area contributed by atoms with Gasteiger partial charge in [0.1, 0.15) is 0 Å². The van der Waals surface area contributed by atoms with Crippen molar-refractivity contribution in [2.45, 2.75) is 25.7 Å². The van der Waals surface area contributed by atoms with E-state index < -0.39 is 28.6 Å². The van der Waals surface area contributed by atoms with Gasteiger partial charge < -0.3 is 0 Å². The summed E-state index contributed by atoms with van der Waals surface area (Å²) in [6.45, 7) is 1.97. The molecule has 0 aromatic heterocycles. The number of imide groups is 1. The molecule has 1 aliphatic heterocycles. The van der Waals surface area contributed by atoms with E-state index >= 15 is 0 Å². The second-order valence-corrected chi connectivity index (χ2v) is 8.68. The molecule has 2 atom stereocenters. The van der Waals surface area contributed by atoms with Crippen molar-refractivity contribution in [3.8, 4) is 0 Å². The van der Waals surface area contributed by atoms with E-state index in [-0.39, 0.29) is 11.6 Å². The predicted octanol–water partition coefficient (Wildman–Crippen LogP) is 4.52. The van der Waals surface area contributed by atoms with Crippen LogP contribution in [0.1, 0.15) is 52.0 Å². The first kappa shape index (κ1) is 21.5. The van der Waals surface area contributed by atoms with Gasteiger partial charge in [-0.1, -0.05) is 48.0 Å². The van der Waals surface area contributed by atoms with Crippen LogP contribution in [0.5, 0.6) is 0 Å². The molecule has 0 saturated heterocycles. The Morgan fingerprint density at radius 3 is 2.21 bits per heavy atom. The Hall–Kier alpha value is -4.33. The van der Waals surface area contributed by atoms with Crippen LogP contribution in [0.15, 0.2) is 72.3 Å². The molecular weight excluding hydrogens is 434 g/mol. The van der Waals surface area contributed by atoms with Gasteiger partial charge in [-0.15, -0.1) is 0 Å². The van der Waals surface area contributed by atoms with Gasteiger partial charge in [0.05, 0.1) is 22.0 Å². The number of nitro groups is 1. The summed E-state index contributed by atoms with van der Waals surface area (Å²) in [6, 6.07) is 16.6. The normalized spacial score (nSPS) is 19.7. The molecule has 8 nitrogen and oxygen atoms in total. The molecule has 3 aromatic rings. The molecule has 5 rings (SSSR count). The van der Waals surface area contributed by atoms with Gasteiger partial charge >= 0.3 is 0 Å². The molecule has 0 spiro atoms. The highest BCUT2D eigenvalue weighted by molar-refractivity contribution is 6.25. The van der Waals surface area contributed by atoms with E-state index in [0.29, 0.717) is 29.4 Å². The van der Waals surface area contributed by atoms with Crippen molar-refractivity contribution >= 4 is 34.2 Å². The smallest absolute Gasteiger partial charge is 0.273 e. The van der Waals surface area contributed by atoms with Gasteiger partial charge in [0.2, 0.25) is 5.91 Å². The van der Waals surface area contributed by atoms with Gasteiger partial charge in [-0.3, -0.25) is 29.9 Å². The molecule has 0 bridgehead atoms. The number of non-ortho nitro benzene ring substituents is 1. The maximum atomic E-state index is 13.4. The van der Waals surface area contributed by atoms with Crippen molar-refractivity contribution in [2.75, 3.05) is 0 Å². The molecule has 0 fully saturated rings. The lowest BCUT2D eigenvalue weighted by molar-refractivity contribution is -0.384. The topological polar surface area (TPSA) is 110 Å². The number of nitro benzene ring substituents is 1.